The zero-order valence-electron chi connectivity index (χ0n) is 12.6. The van der Waals surface area contributed by atoms with Crippen LogP contribution in [0.3, 0.4) is 0 Å². The van der Waals surface area contributed by atoms with Crippen molar-refractivity contribution in [2.45, 2.75) is 39.2 Å². The maximum absolute atomic E-state index is 13.2. The molecule has 2 aliphatic rings. The van der Waals surface area contributed by atoms with Gasteiger partial charge >= 0.3 is 0 Å². The lowest BCUT2D eigenvalue weighted by Gasteiger charge is -2.25. The van der Waals surface area contributed by atoms with Gasteiger partial charge in [-0.2, -0.15) is 0 Å². The standard InChI is InChI=1S/C17H23FN2O/c1-13-11-15(18)4-3-14(13)12-20-9-2-5-17(7-10-20)6-8-19-16(17)21/h3-4,11H,2,5-10,12H2,1H3,(H,19,21)/t17-/m0/s1. The van der Waals surface area contributed by atoms with Gasteiger partial charge in [-0.05, 0) is 69.0 Å². The van der Waals surface area contributed by atoms with Crippen LogP contribution >= 0.6 is 0 Å². The van der Waals surface area contributed by atoms with Crippen molar-refractivity contribution in [1.29, 1.82) is 0 Å². The highest BCUT2D eigenvalue weighted by molar-refractivity contribution is 5.84. The van der Waals surface area contributed by atoms with E-state index in [4.69, 9.17) is 0 Å². The molecule has 2 saturated heterocycles. The van der Waals surface area contributed by atoms with E-state index in [2.05, 4.69) is 10.2 Å². The van der Waals surface area contributed by atoms with Crippen molar-refractivity contribution in [2.24, 2.45) is 5.41 Å². The molecule has 0 aromatic heterocycles. The summed E-state index contributed by atoms with van der Waals surface area (Å²) < 4.78 is 13.2. The van der Waals surface area contributed by atoms with Crippen LogP contribution in [0.5, 0.6) is 0 Å². The molecule has 0 bridgehead atoms. The van der Waals surface area contributed by atoms with Crippen LogP contribution in [-0.4, -0.2) is 30.4 Å². The number of aryl methyl sites for hydroxylation is 1. The van der Waals surface area contributed by atoms with Crippen LogP contribution in [-0.2, 0) is 11.3 Å². The van der Waals surface area contributed by atoms with Crippen LogP contribution in [0, 0.1) is 18.2 Å². The largest absolute Gasteiger partial charge is 0.356 e. The number of hydrogen-bond acceptors (Lipinski definition) is 2. The fourth-order valence-corrected chi connectivity index (χ4v) is 3.68. The molecule has 21 heavy (non-hydrogen) atoms. The van der Waals surface area contributed by atoms with E-state index in [1.165, 1.54) is 11.6 Å². The Kier molecular flexibility index (Phi) is 3.98. The molecule has 1 spiro atoms. The first-order valence-corrected chi connectivity index (χ1v) is 7.85. The molecule has 2 fully saturated rings. The molecule has 1 amide bonds. The fourth-order valence-electron chi connectivity index (χ4n) is 3.68. The molecule has 2 heterocycles. The van der Waals surface area contributed by atoms with Gasteiger partial charge in [-0.3, -0.25) is 9.69 Å². The van der Waals surface area contributed by atoms with Gasteiger partial charge < -0.3 is 5.32 Å². The van der Waals surface area contributed by atoms with Crippen molar-refractivity contribution in [3.63, 3.8) is 0 Å². The van der Waals surface area contributed by atoms with Crippen molar-refractivity contribution >= 4 is 5.91 Å². The molecule has 3 rings (SSSR count). The minimum absolute atomic E-state index is 0.118. The lowest BCUT2D eigenvalue weighted by molar-refractivity contribution is -0.128. The molecule has 114 valence electrons. The smallest absolute Gasteiger partial charge is 0.226 e. The van der Waals surface area contributed by atoms with Crippen LogP contribution in [0.1, 0.15) is 36.8 Å². The minimum Gasteiger partial charge on any atom is -0.356 e. The van der Waals surface area contributed by atoms with Gasteiger partial charge in [0.25, 0.3) is 0 Å². The number of amides is 1. The highest BCUT2D eigenvalue weighted by Crippen LogP contribution is 2.38. The number of benzene rings is 1. The van der Waals surface area contributed by atoms with Gasteiger partial charge in [0.05, 0.1) is 5.41 Å². The molecule has 0 aliphatic carbocycles. The molecule has 4 heteroatoms. The van der Waals surface area contributed by atoms with Crippen molar-refractivity contribution in [3.05, 3.63) is 35.1 Å². The van der Waals surface area contributed by atoms with Crippen LogP contribution in [0.25, 0.3) is 0 Å². The average molecular weight is 290 g/mol. The second-order valence-corrected chi connectivity index (χ2v) is 6.49. The predicted molar refractivity (Wildman–Crippen MR) is 80.3 cm³/mol. The zero-order valence-corrected chi connectivity index (χ0v) is 12.6. The third kappa shape index (κ3) is 2.95. The number of carbonyl (C=O) groups is 1. The van der Waals surface area contributed by atoms with E-state index < -0.39 is 0 Å². The van der Waals surface area contributed by atoms with Crippen LogP contribution in [0.15, 0.2) is 18.2 Å². The van der Waals surface area contributed by atoms with Crippen LogP contribution in [0.4, 0.5) is 4.39 Å². The number of nitrogens with zero attached hydrogens (tertiary/aromatic N) is 1. The van der Waals surface area contributed by atoms with Crippen LogP contribution < -0.4 is 5.32 Å². The maximum atomic E-state index is 13.2. The van der Waals surface area contributed by atoms with E-state index in [1.807, 2.05) is 13.0 Å². The van der Waals surface area contributed by atoms with E-state index in [1.54, 1.807) is 6.07 Å². The number of halogens is 1. The number of hydrogen-bond donors (Lipinski definition) is 1. The maximum Gasteiger partial charge on any atom is 0.226 e. The zero-order chi connectivity index (χ0) is 14.9. The molecule has 0 saturated carbocycles. The highest BCUT2D eigenvalue weighted by atomic mass is 19.1. The predicted octanol–water partition coefficient (Wildman–Crippen LogP) is 2.63. The summed E-state index contributed by atoms with van der Waals surface area (Å²) in [6, 6.07) is 5.01. The van der Waals surface area contributed by atoms with Gasteiger partial charge in [-0.25, -0.2) is 4.39 Å². The third-order valence-electron chi connectivity index (χ3n) is 5.11. The molecule has 0 unspecified atom stereocenters. The average Bonchev–Trinajstić information content (AvgIpc) is 2.68. The molecular formula is C17H23FN2O. The Morgan fingerprint density at radius 1 is 1.29 bits per heavy atom. The van der Waals surface area contributed by atoms with E-state index in [0.29, 0.717) is 0 Å². The summed E-state index contributed by atoms with van der Waals surface area (Å²) >= 11 is 0. The summed E-state index contributed by atoms with van der Waals surface area (Å²) in [5, 5.41) is 2.99. The molecule has 2 aliphatic heterocycles. The molecule has 1 aromatic rings. The number of nitrogens with one attached hydrogen (secondary N) is 1. The van der Waals surface area contributed by atoms with Gasteiger partial charge in [-0.1, -0.05) is 6.07 Å². The molecular weight excluding hydrogens is 267 g/mol. The van der Waals surface area contributed by atoms with Crippen molar-refractivity contribution in [2.75, 3.05) is 19.6 Å². The summed E-state index contributed by atoms with van der Waals surface area (Å²) in [6.07, 6.45) is 3.99. The Hall–Kier alpha value is -1.42. The fraction of sp³-hybridized carbons (Fsp3) is 0.588. The molecule has 3 nitrogen and oxygen atoms in total. The first-order valence-electron chi connectivity index (χ1n) is 7.85. The lowest BCUT2D eigenvalue weighted by atomic mass is 9.79. The Bertz CT molecular complexity index is 546. The normalized spacial score (nSPS) is 26.9. The van der Waals surface area contributed by atoms with Crippen molar-refractivity contribution < 1.29 is 9.18 Å². The van der Waals surface area contributed by atoms with E-state index in [9.17, 15) is 9.18 Å². The van der Waals surface area contributed by atoms with Crippen LogP contribution in [0.2, 0.25) is 0 Å². The molecule has 1 N–H and O–H groups in total. The summed E-state index contributed by atoms with van der Waals surface area (Å²) in [5.74, 6) is 0.0796. The topological polar surface area (TPSA) is 32.3 Å². The Balaban J connectivity index is 1.66. The Morgan fingerprint density at radius 3 is 2.86 bits per heavy atom. The second-order valence-electron chi connectivity index (χ2n) is 6.49. The Labute approximate surface area is 125 Å². The number of carbonyl (C=O) groups excluding carboxylic acids is 1. The number of rotatable bonds is 2. The van der Waals surface area contributed by atoms with E-state index in [0.717, 1.165) is 57.4 Å². The summed E-state index contributed by atoms with van der Waals surface area (Å²) in [6.45, 7) is 5.61. The molecule has 1 atom stereocenters. The molecule has 1 aromatic carbocycles. The van der Waals surface area contributed by atoms with Gasteiger partial charge in [0.1, 0.15) is 5.82 Å². The first kappa shape index (κ1) is 14.5. The monoisotopic (exact) mass is 290 g/mol. The second kappa shape index (κ2) is 5.76. The van der Waals surface area contributed by atoms with Crippen molar-refractivity contribution in [1.82, 2.24) is 10.2 Å². The summed E-state index contributed by atoms with van der Waals surface area (Å²) in [4.78, 5) is 14.5. The summed E-state index contributed by atoms with van der Waals surface area (Å²) in [5.41, 5.74) is 2.07. The van der Waals surface area contributed by atoms with Gasteiger partial charge in [0.2, 0.25) is 5.91 Å². The molecule has 0 radical (unpaired) electrons. The SMILES string of the molecule is Cc1cc(F)ccc1CN1CCC[C@]2(CCNC2=O)CC1. The minimum atomic E-state index is -0.173. The Morgan fingerprint density at radius 2 is 2.14 bits per heavy atom. The van der Waals surface area contributed by atoms with E-state index in [-0.39, 0.29) is 17.1 Å². The van der Waals surface area contributed by atoms with Gasteiger partial charge in [0.15, 0.2) is 0 Å². The van der Waals surface area contributed by atoms with Gasteiger partial charge in [-0.15, -0.1) is 0 Å². The first-order chi connectivity index (χ1) is 10.1. The quantitative estimate of drug-likeness (QED) is 0.908. The highest BCUT2D eigenvalue weighted by Gasteiger charge is 2.42. The number of likely N-dealkylation sites (tertiary alicyclic amines) is 1. The lowest BCUT2D eigenvalue weighted by Crippen LogP contribution is -2.32. The van der Waals surface area contributed by atoms with Gasteiger partial charge in [0, 0.05) is 13.1 Å². The van der Waals surface area contributed by atoms with E-state index >= 15 is 0 Å². The summed E-state index contributed by atoms with van der Waals surface area (Å²) in [7, 11) is 0. The third-order valence-corrected chi connectivity index (χ3v) is 5.11. The van der Waals surface area contributed by atoms with Crippen molar-refractivity contribution in [3.8, 4) is 0 Å².